The fraction of sp³-hybridized carbons (Fsp3) is 0.733. The summed E-state index contributed by atoms with van der Waals surface area (Å²) >= 11 is 0. The van der Waals surface area contributed by atoms with Gasteiger partial charge >= 0.3 is 0 Å². The average molecular weight is 262 g/mol. The normalized spacial score (nSPS) is 18.9. The zero-order chi connectivity index (χ0) is 14.0. The molecular weight excluding hydrogens is 236 g/mol. The van der Waals surface area contributed by atoms with Crippen molar-refractivity contribution in [3.05, 3.63) is 11.9 Å². The zero-order valence-electron chi connectivity index (χ0n) is 12.6. The van der Waals surface area contributed by atoms with Gasteiger partial charge in [-0.2, -0.15) is 0 Å². The number of anilines is 2. The van der Waals surface area contributed by atoms with Crippen LogP contribution < -0.4 is 10.6 Å². The second kappa shape index (κ2) is 5.35. The summed E-state index contributed by atoms with van der Waals surface area (Å²) < 4.78 is 0. The number of hydrogen-bond acceptors (Lipinski definition) is 4. The minimum absolute atomic E-state index is 0.313. The van der Waals surface area contributed by atoms with Crippen molar-refractivity contribution in [3.63, 3.8) is 0 Å². The fourth-order valence-electron chi connectivity index (χ4n) is 2.52. The molecule has 0 aromatic carbocycles. The van der Waals surface area contributed by atoms with Gasteiger partial charge < -0.3 is 10.6 Å². The predicted molar refractivity (Wildman–Crippen MR) is 80.4 cm³/mol. The van der Waals surface area contributed by atoms with E-state index in [4.69, 9.17) is 5.73 Å². The van der Waals surface area contributed by atoms with Gasteiger partial charge in [-0.3, -0.25) is 0 Å². The Kier molecular flexibility index (Phi) is 3.97. The summed E-state index contributed by atoms with van der Waals surface area (Å²) in [6, 6.07) is 1.90. The summed E-state index contributed by atoms with van der Waals surface area (Å²) in [5.74, 6) is 2.73. The average Bonchev–Trinajstić information content (AvgIpc) is 2.39. The van der Waals surface area contributed by atoms with Gasteiger partial charge in [-0.25, -0.2) is 9.97 Å². The Morgan fingerprint density at radius 3 is 2.47 bits per heavy atom. The zero-order valence-corrected chi connectivity index (χ0v) is 12.6. The molecule has 4 heteroatoms. The molecule has 0 atom stereocenters. The van der Waals surface area contributed by atoms with Crippen molar-refractivity contribution in [1.29, 1.82) is 0 Å². The van der Waals surface area contributed by atoms with Crippen molar-refractivity contribution < 1.29 is 0 Å². The third-order valence-corrected chi connectivity index (χ3v) is 4.41. The van der Waals surface area contributed by atoms with Gasteiger partial charge in [-0.1, -0.05) is 34.1 Å². The lowest BCUT2D eigenvalue weighted by Crippen LogP contribution is -2.39. The van der Waals surface area contributed by atoms with E-state index in [1.54, 1.807) is 0 Å². The number of piperidine rings is 1. The van der Waals surface area contributed by atoms with Crippen molar-refractivity contribution in [2.75, 3.05) is 23.7 Å². The quantitative estimate of drug-likeness (QED) is 0.909. The lowest BCUT2D eigenvalue weighted by Gasteiger charge is -2.39. The van der Waals surface area contributed by atoms with E-state index in [9.17, 15) is 0 Å². The van der Waals surface area contributed by atoms with E-state index < -0.39 is 0 Å². The first-order valence-corrected chi connectivity index (χ1v) is 7.33. The molecule has 0 bridgehead atoms. The molecule has 0 spiro atoms. The van der Waals surface area contributed by atoms with E-state index in [0.717, 1.165) is 24.7 Å². The van der Waals surface area contributed by atoms with E-state index in [0.29, 0.717) is 17.2 Å². The van der Waals surface area contributed by atoms with Crippen molar-refractivity contribution in [2.24, 2.45) is 5.41 Å². The minimum Gasteiger partial charge on any atom is -0.384 e. The van der Waals surface area contributed by atoms with Crippen LogP contribution in [0, 0.1) is 5.41 Å². The maximum atomic E-state index is 5.91. The topological polar surface area (TPSA) is 55.0 Å². The van der Waals surface area contributed by atoms with Crippen molar-refractivity contribution in [2.45, 2.75) is 52.9 Å². The maximum Gasteiger partial charge on any atom is 0.135 e. The van der Waals surface area contributed by atoms with Crippen molar-refractivity contribution in [3.8, 4) is 0 Å². The van der Waals surface area contributed by atoms with E-state index in [1.807, 2.05) is 6.07 Å². The molecule has 1 saturated heterocycles. The Hall–Kier alpha value is -1.32. The maximum absolute atomic E-state index is 5.91. The smallest absolute Gasteiger partial charge is 0.135 e. The molecular formula is C15H26N4. The number of hydrogen-bond donors (Lipinski definition) is 1. The van der Waals surface area contributed by atoms with Gasteiger partial charge in [-0.05, 0) is 18.3 Å². The summed E-state index contributed by atoms with van der Waals surface area (Å²) in [4.78, 5) is 11.3. The van der Waals surface area contributed by atoms with Gasteiger partial charge in [0.25, 0.3) is 0 Å². The van der Waals surface area contributed by atoms with Gasteiger partial charge in [0.2, 0.25) is 0 Å². The molecule has 2 N–H and O–H groups in total. The predicted octanol–water partition coefficient (Wildman–Crippen LogP) is 3.20. The Bertz CT molecular complexity index is 434. The van der Waals surface area contributed by atoms with Gasteiger partial charge in [0, 0.05) is 25.1 Å². The Labute approximate surface area is 116 Å². The molecule has 1 fully saturated rings. The van der Waals surface area contributed by atoms with Crippen LogP contribution in [-0.2, 0) is 0 Å². The van der Waals surface area contributed by atoms with Gasteiger partial charge in [0.15, 0.2) is 0 Å². The van der Waals surface area contributed by atoms with Crippen molar-refractivity contribution >= 4 is 11.6 Å². The first kappa shape index (κ1) is 14.1. The molecule has 0 aliphatic carbocycles. The second-order valence-electron chi connectivity index (χ2n) is 6.32. The molecule has 0 radical (unpaired) electrons. The molecule has 0 unspecified atom stereocenters. The summed E-state index contributed by atoms with van der Waals surface area (Å²) in [6.45, 7) is 11.0. The number of rotatable bonds is 3. The molecule has 2 heterocycles. The number of aromatic nitrogens is 2. The van der Waals surface area contributed by atoms with Crippen molar-refractivity contribution in [1.82, 2.24) is 9.97 Å². The Morgan fingerprint density at radius 1 is 1.32 bits per heavy atom. The lowest BCUT2D eigenvalue weighted by molar-refractivity contribution is 0.237. The van der Waals surface area contributed by atoms with E-state index >= 15 is 0 Å². The first-order valence-electron chi connectivity index (χ1n) is 7.33. The largest absolute Gasteiger partial charge is 0.384 e. The highest BCUT2D eigenvalue weighted by Crippen LogP contribution is 2.35. The van der Waals surface area contributed by atoms with Crippen LogP contribution in [0.1, 0.15) is 58.7 Å². The molecule has 1 aliphatic rings. The van der Waals surface area contributed by atoms with Crippen LogP contribution >= 0.6 is 0 Å². The molecule has 1 aromatic heterocycles. The van der Waals surface area contributed by atoms with Crippen LogP contribution in [0.4, 0.5) is 11.6 Å². The van der Waals surface area contributed by atoms with Gasteiger partial charge in [0.05, 0.1) is 0 Å². The van der Waals surface area contributed by atoms with Crippen LogP contribution in [0.15, 0.2) is 6.07 Å². The third kappa shape index (κ3) is 3.17. The summed E-state index contributed by atoms with van der Waals surface area (Å²) in [6.07, 6.45) is 3.71. The third-order valence-electron chi connectivity index (χ3n) is 4.41. The first-order chi connectivity index (χ1) is 8.93. The van der Waals surface area contributed by atoms with Crippen LogP contribution in [0.5, 0.6) is 0 Å². The highest BCUT2D eigenvalue weighted by molar-refractivity contribution is 5.47. The van der Waals surface area contributed by atoms with Crippen LogP contribution in [-0.4, -0.2) is 23.1 Å². The molecule has 19 heavy (non-hydrogen) atoms. The number of nitrogens with zero attached hydrogens (tertiary/aromatic N) is 3. The highest BCUT2D eigenvalue weighted by Gasteiger charge is 2.29. The van der Waals surface area contributed by atoms with Gasteiger partial charge in [0.1, 0.15) is 17.5 Å². The van der Waals surface area contributed by atoms with Crippen LogP contribution in [0.2, 0.25) is 0 Å². The monoisotopic (exact) mass is 262 g/mol. The molecule has 0 saturated carbocycles. The molecule has 106 valence electrons. The lowest BCUT2D eigenvalue weighted by atomic mass is 9.78. The minimum atomic E-state index is 0.313. The standard InChI is InChI=1S/C15H26N4/c1-5-15(4)6-8-19(9-7-15)13-10-12(16)17-14(18-13)11(2)3/h10-11H,5-9H2,1-4H3,(H2,16,17,18). The Balaban J connectivity index is 2.15. The SMILES string of the molecule is CCC1(C)CCN(c2cc(N)nc(C(C)C)n2)CC1. The summed E-state index contributed by atoms with van der Waals surface area (Å²) in [7, 11) is 0. The highest BCUT2D eigenvalue weighted by atomic mass is 15.2. The fourth-order valence-corrected chi connectivity index (χ4v) is 2.52. The molecule has 0 amide bonds. The van der Waals surface area contributed by atoms with E-state index in [-0.39, 0.29) is 0 Å². The molecule has 1 aromatic rings. The van der Waals surface area contributed by atoms with E-state index in [2.05, 4.69) is 42.6 Å². The summed E-state index contributed by atoms with van der Waals surface area (Å²) in [5.41, 5.74) is 6.40. The van der Waals surface area contributed by atoms with Crippen LogP contribution in [0.3, 0.4) is 0 Å². The molecule has 2 rings (SSSR count). The summed E-state index contributed by atoms with van der Waals surface area (Å²) in [5, 5.41) is 0. The van der Waals surface area contributed by atoms with Crippen LogP contribution in [0.25, 0.3) is 0 Å². The number of nitrogen functional groups attached to an aromatic ring is 1. The second-order valence-corrected chi connectivity index (χ2v) is 6.32. The number of nitrogens with two attached hydrogens (primary N) is 1. The molecule has 4 nitrogen and oxygen atoms in total. The van der Waals surface area contributed by atoms with E-state index in [1.165, 1.54) is 19.3 Å². The molecule has 1 aliphatic heterocycles. The van der Waals surface area contributed by atoms with Gasteiger partial charge in [-0.15, -0.1) is 0 Å². The Morgan fingerprint density at radius 2 is 1.95 bits per heavy atom.